The van der Waals surface area contributed by atoms with Gasteiger partial charge in [-0.1, -0.05) is 20.4 Å². The van der Waals surface area contributed by atoms with Gasteiger partial charge in [-0.05, 0) is 60.7 Å². The van der Waals surface area contributed by atoms with Gasteiger partial charge >= 0.3 is 0 Å². The molecule has 2 aromatic rings. The lowest BCUT2D eigenvalue weighted by atomic mass is 9.67. The van der Waals surface area contributed by atoms with E-state index < -0.39 is 11.7 Å². The topological polar surface area (TPSA) is 101 Å². The largest absolute Gasteiger partial charge is 0.491 e. The third kappa shape index (κ3) is 7.63. The van der Waals surface area contributed by atoms with E-state index in [1.807, 2.05) is 0 Å². The summed E-state index contributed by atoms with van der Waals surface area (Å²) in [6.07, 6.45) is 3.30. The van der Waals surface area contributed by atoms with Crippen molar-refractivity contribution in [2.45, 2.75) is 46.1 Å². The number of methoxy groups -OCH3 is 1. The molecule has 8 nitrogen and oxygen atoms in total. The second-order valence-corrected chi connectivity index (χ2v) is 9.59. The van der Waals surface area contributed by atoms with Gasteiger partial charge in [0.1, 0.15) is 30.4 Å². The average molecular weight is 511 g/mol. The van der Waals surface area contributed by atoms with Crippen LogP contribution in [0.5, 0.6) is 5.75 Å². The zero-order valence-corrected chi connectivity index (χ0v) is 21.8. The maximum atomic E-state index is 15.0. The Labute approximate surface area is 216 Å². The number of benzene rings is 2. The quantitative estimate of drug-likeness (QED) is 0.245. The lowest BCUT2D eigenvalue weighted by Gasteiger charge is -2.44. The third-order valence-corrected chi connectivity index (χ3v) is 6.31. The van der Waals surface area contributed by atoms with Gasteiger partial charge < -0.3 is 25.4 Å². The third-order valence-electron chi connectivity index (χ3n) is 6.31. The van der Waals surface area contributed by atoms with E-state index in [0.29, 0.717) is 35.6 Å². The van der Waals surface area contributed by atoms with Crippen LogP contribution in [0, 0.1) is 11.2 Å². The highest BCUT2D eigenvalue weighted by Gasteiger charge is 2.39. The van der Waals surface area contributed by atoms with Crippen molar-refractivity contribution in [3.63, 3.8) is 0 Å². The number of rotatable bonds is 11. The van der Waals surface area contributed by atoms with Crippen LogP contribution in [0.4, 0.5) is 15.8 Å². The highest BCUT2D eigenvalue weighted by Crippen LogP contribution is 2.39. The molecule has 198 valence electrons. The Kier molecular flexibility index (Phi) is 9.41. The number of nitrogens with one attached hydrogen (secondary N) is 3. The predicted octanol–water partition coefficient (Wildman–Crippen LogP) is 3.16. The van der Waals surface area contributed by atoms with Crippen LogP contribution in [0.25, 0.3) is 12.4 Å². The zero-order valence-electron chi connectivity index (χ0n) is 21.8. The molecule has 1 unspecified atom stereocenters. The van der Waals surface area contributed by atoms with E-state index in [1.165, 1.54) is 6.07 Å². The van der Waals surface area contributed by atoms with E-state index in [4.69, 9.17) is 9.47 Å². The van der Waals surface area contributed by atoms with Crippen LogP contribution in [0.3, 0.4) is 0 Å². The number of halogens is 1. The monoisotopic (exact) mass is 510 g/mol. The minimum atomic E-state index is -0.527. The van der Waals surface area contributed by atoms with Crippen LogP contribution >= 0.6 is 0 Å². The maximum absolute atomic E-state index is 15.0. The van der Waals surface area contributed by atoms with Gasteiger partial charge in [-0.3, -0.25) is 9.59 Å². The van der Waals surface area contributed by atoms with Crippen LogP contribution in [0.15, 0.2) is 41.4 Å². The van der Waals surface area contributed by atoms with Crippen molar-refractivity contribution in [1.82, 2.24) is 5.32 Å². The predicted molar refractivity (Wildman–Crippen MR) is 144 cm³/mol. The first-order valence-corrected chi connectivity index (χ1v) is 12.2. The van der Waals surface area contributed by atoms with Crippen LogP contribution in [0.2, 0.25) is 0 Å². The molecule has 1 fully saturated rings. The summed E-state index contributed by atoms with van der Waals surface area (Å²) in [6, 6.07) is 9.86. The van der Waals surface area contributed by atoms with Gasteiger partial charge in [0.2, 0.25) is 11.8 Å². The summed E-state index contributed by atoms with van der Waals surface area (Å²) in [4.78, 5) is 28.8. The van der Waals surface area contributed by atoms with E-state index >= 15 is 0 Å². The van der Waals surface area contributed by atoms with E-state index in [0.717, 1.165) is 12.8 Å². The van der Waals surface area contributed by atoms with Gasteiger partial charge in [0.05, 0.1) is 11.8 Å². The zero-order chi connectivity index (χ0) is 27.0. The van der Waals surface area contributed by atoms with Crippen LogP contribution < -0.4 is 31.1 Å². The number of amides is 2. The second-order valence-electron chi connectivity index (χ2n) is 9.59. The number of nitrogens with zero attached hydrogens (tertiary/aromatic N) is 1. The van der Waals surface area contributed by atoms with Crippen molar-refractivity contribution >= 4 is 41.8 Å². The number of carbonyl (C=O) groups excluding carboxylic acids is 2. The summed E-state index contributed by atoms with van der Waals surface area (Å²) >= 11 is 0. The van der Waals surface area contributed by atoms with Gasteiger partial charge in [-0.25, -0.2) is 9.38 Å². The normalized spacial score (nSPS) is 17.1. The SMILES string of the molecule is C=c1cc(OCCOC)cc(F)/c1=C(/N=C\C)Nc1ccc(NC(=O)CC(=O)NC2CCC2(C)C)cc1. The first-order chi connectivity index (χ1) is 17.6. The molecule has 0 radical (unpaired) electrons. The standard InChI is InChI=1S/C28H35FN4O4/c1-6-30-27(26-18(2)15-21(16-22(26)29)37-14-13-36-5)32-20-9-7-19(8-10-20)31-24(34)17-25(35)33-23-11-12-28(23,3)4/h6-10,15-16,23,32H,2,11-14,17H2,1,3-5H3,(H,31,34)(H,33,35)/b27-26-,30-6-. The lowest BCUT2D eigenvalue weighted by Crippen LogP contribution is -2.52. The number of aliphatic imine (C=N–C) groups is 1. The molecule has 0 aliphatic heterocycles. The molecule has 9 heteroatoms. The van der Waals surface area contributed by atoms with Crippen LogP contribution in [0.1, 0.15) is 40.0 Å². The maximum Gasteiger partial charge on any atom is 0.233 e. The van der Waals surface area contributed by atoms with E-state index in [9.17, 15) is 14.0 Å². The van der Waals surface area contributed by atoms with Crippen molar-refractivity contribution < 1.29 is 23.5 Å². The Morgan fingerprint density at radius 3 is 2.35 bits per heavy atom. The number of carbonyl (C=O) groups is 2. The molecular weight excluding hydrogens is 475 g/mol. The fourth-order valence-electron chi connectivity index (χ4n) is 4.02. The van der Waals surface area contributed by atoms with Gasteiger partial charge in [-0.15, -0.1) is 0 Å². The minimum Gasteiger partial charge on any atom is -0.491 e. The first-order valence-electron chi connectivity index (χ1n) is 12.2. The number of hydrogen-bond donors (Lipinski definition) is 3. The number of anilines is 2. The van der Waals surface area contributed by atoms with Crippen molar-refractivity contribution in [1.29, 1.82) is 0 Å². The van der Waals surface area contributed by atoms with E-state index in [1.54, 1.807) is 50.6 Å². The second kappa shape index (κ2) is 12.5. The Bertz CT molecular complexity index is 1260. The molecule has 1 saturated carbocycles. The molecule has 0 aromatic heterocycles. The van der Waals surface area contributed by atoms with Gasteiger partial charge in [-0.2, -0.15) is 0 Å². The fourth-order valence-corrected chi connectivity index (χ4v) is 4.02. The molecule has 2 amide bonds. The molecule has 3 N–H and O–H groups in total. The first kappa shape index (κ1) is 27.9. The van der Waals surface area contributed by atoms with Crippen molar-refractivity contribution in [2.75, 3.05) is 31.0 Å². The number of ether oxygens (including phenoxy) is 2. The highest BCUT2D eigenvalue weighted by molar-refractivity contribution is 6.03. The highest BCUT2D eigenvalue weighted by atomic mass is 19.1. The summed E-state index contributed by atoms with van der Waals surface area (Å²) in [6.45, 7) is 10.6. The molecule has 0 spiro atoms. The van der Waals surface area contributed by atoms with Crippen molar-refractivity contribution in [3.05, 3.63) is 52.7 Å². The fraction of sp³-hybridized carbons (Fsp3) is 0.393. The Morgan fingerprint density at radius 1 is 1.14 bits per heavy atom. The average Bonchev–Trinajstić information content (AvgIpc) is 2.83. The molecule has 1 aliphatic rings. The summed E-state index contributed by atoms with van der Waals surface area (Å²) in [5.74, 6) is -0.573. The Hall–Kier alpha value is -3.72. The van der Waals surface area contributed by atoms with Crippen LogP contribution in [-0.2, 0) is 14.3 Å². The lowest BCUT2D eigenvalue weighted by molar-refractivity contribution is -0.128. The summed E-state index contributed by atoms with van der Waals surface area (Å²) in [5.41, 5.74) is 1.24. The summed E-state index contributed by atoms with van der Waals surface area (Å²) in [5, 5.41) is 9.39. The molecule has 0 heterocycles. The Morgan fingerprint density at radius 2 is 1.81 bits per heavy atom. The molecule has 37 heavy (non-hydrogen) atoms. The smallest absolute Gasteiger partial charge is 0.233 e. The van der Waals surface area contributed by atoms with Gasteiger partial charge in [0.15, 0.2) is 0 Å². The van der Waals surface area contributed by atoms with Gasteiger partial charge in [0, 0.05) is 36.8 Å². The minimum absolute atomic E-state index is 0.0735. The molecule has 0 bridgehead atoms. The molecular formula is C28H35FN4O4. The Balaban J connectivity index is 1.67. The number of hydrogen-bond acceptors (Lipinski definition) is 6. The van der Waals surface area contributed by atoms with E-state index in [2.05, 4.69) is 41.4 Å². The molecule has 1 atom stereocenters. The molecule has 1 aliphatic carbocycles. The van der Waals surface area contributed by atoms with Gasteiger partial charge in [0.25, 0.3) is 0 Å². The van der Waals surface area contributed by atoms with E-state index in [-0.39, 0.29) is 34.8 Å². The van der Waals surface area contributed by atoms with Crippen LogP contribution in [-0.4, -0.2) is 44.4 Å². The summed E-state index contributed by atoms with van der Waals surface area (Å²) in [7, 11) is 1.56. The molecule has 3 rings (SSSR count). The van der Waals surface area contributed by atoms with Crippen molar-refractivity contribution in [2.24, 2.45) is 10.4 Å². The molecule has 0 saturated heterocycles. The summed E-state index contributed by atoms with van der Waals surface area (Å²) < 4.78 is 25.4. The van der Waals surface area contributed by atoms with Crippen molar-refractivity contribution in [3.8, 4) is 5.75 Å². The molecule has 2 aromatic carbocycles.